The molecule has 0 aromatic heterocycles. The van der Waals surface area contributed by atoms with E-state index >= 15 is 0 Å². The molecule has 0 saturated carbocycles. The SMILES string of the molecule is COc1ccccc1O[C@@H]1O[C@H](CO[C@@H]2O[C@H](CO)[C@@H](O)[C@H](O)[C@H]2O)[C@@H](O)[C@H](O)[C@H]1O. The maximum atomic E-state index is 10.3. The molecule has 7 N–H and O–H groups in total. The maximum absolute atomic E-state index is 10.3. The summed E-state index contributed by atoms with van der Waals surface area (Å²) in [7, 11) is 1.43. The number of para-hydroxylation sites is 2. The largest absolute Gasteiger partial charge is 0.493 e. The third kappa shape index (κ3) is 5.09. The molecule has 0 radical (unpaired) electrons. The zero-order chi connectivity index (χ0) is 22.7. The molecule has 0 bridgehead atoms. The molecular formula is C19H28O12. The Morgan fingerprint density at radius 1 is 0.742 bits per heavy atom. The maximum Gasteiger partial charge on any atom is 0.229 e. The summed E-state index contributed by atoms with van der Waals surface area (Å²) < 4.78 is 26.9. The second-order valence-corrected chi connectivity index (χ2v) is 7.31. The Balaban J connectivity index is 1.66. The first kappa shape index (κ1) is 24.1. The first-order valence-corrected chi connectivity index (χ1v) is 9.70. The number of aliphatic hydroxyl groups is 7. The lowest BCUT2D eigenvalue weighted by Gasteiger charge is -2.42. The van der Waals surface area contributed by atoms with Gasteiger partial charge in [0.2, 0.25) is 6.29 Å². The lowest BCUT2D eigenvalue weighted by Crippen LogP contribution is -2.62. The number of hydrogen-bond donors (Lipinski definition) is 7. The molecule has 2 aliphatic rings. The quantitative estimate of drug-likeness (QED) is 0.220. The zero-order valence-corrected chi connectivity index (χ0v) is 16.7. The fraction of sp³-hybridized carbons (Fsp3) is 0.684. The highest BCUT2D eigenvalue weighted by Gasteiger charge is 2.47. The number of ether oxygens (including phenoxy) is 5. The Hall–Kier alpha value is -1.58. The molecule has 2 fully saturated rings. The Kier molecular flexibility index (Phi) is 8.04. The molecule has 12 nitrogen and oxygen atoms in total. The van der Waals surface area contributed by atoms with E-state index in [0.717, 1.165) is 0 Å². The van der Waals surface area contributed by atoms with Crippen molar-refractivity contribution in [1.82, 2.24) is 0 Å². The van der Waals surface area contributed by atoms with Crippen LogP contribution in [0.4, 0.5) is 0 Å². The van der Waals surface area contributed by atoms with Crippen LogP contribution >= 0.6 is 0 Å². The van der Waals surface area contributed by atoms with E-state index < -0.39 is 74.6 Å². The fourth-order valence-corrected chi connectivity index (χ4v) is 3.39. The second-order valence-electron chi connectivity index (χ2n) is 7.31. The van der Waals surface area contributed by atoms with Gasteiger partial charge in [-0.2, -0.15) is 0 Å². The van der Waals surface area contributed by atoms with E-state index in [4.69, 9.17) is 23.7 Å². The van der Waals surface area contributed by atoms with Gasteiger partial charge in [0.25, 0.3) is 0 Å². The highest BCUT2D eigenvalue weighted by atomic mass is 16.7. The minimum absolute atomic E-state index is 0.228. The van der Waals surface area contributed by atoms with E-state index in [-0.39, 0.29) is 5.75 Å². The molecule has 12 heteroatoms. The van der Waals surface area contributed by atoms with Gasteiger partial charge in [0, 0.05) is 0 Å². The molecule has 10 atom stereocenters. The van der Waals surface area contributed by atoms with Gasteiger partial charge in [-0.05, 0) is 12.1 Å². The van der Waals surface area contributed by atoms with Crippen LogP contribution in [0.5, 0.6) is 11.5 Å². The van der Waals surface area contributed by atoms with Crippen molar-refractivity contribution in [2.24, 2.45) is 0 Å². The summed E-state index contributed by atoms with van der Waals surface area (Å²) in [5.74, 6) is 0.583. The van der Waals surface area contributed by atoms with Gasteiger partial charge in [-0.3, -0.25) is 0 Å². The minimum atomic E-state index is -1.64. The Bertz CT molecular complexity index is 702. The molecule has 0 amide bonds. The summed E-state index contributed by atoms with van der Waals surface area (Å²) in [4.78, 5) is 0. The van der Waals surface area contributed by atoms with E-state index in [1.165, 1.54) is 7.11 Å². The highest BCUT2D eigenvalue weighted by Crippen LogP contribution is 2.31. The van der Waals surface area contributed by atoms with Crippen molar-refractivity contribution in [3.05, 3.63) is 24.3 Å². The molecule has 2 heterocycles. The average molecular weight is 448 g/mol. The zero-order valence-electron chi connectivity index (χ0n) is 16.7. The van der Waals surface area contributed by atoms with Crippen molar-refractivity contribution in [1.29, 1.82) is 0 Å². The van der Waals surface area contributed by atoms with Crippen molar-refractivity contribution in [3.8, 4) is 11.5 Å². The number of benzene rings is 1. The standard InChI is InChI=1S/C19H28O12/c1-27-8-4-2-3-5-9(8)29-19-17(26)15(24)13(22)11(31-19)7-28-18-16(25)14(23)12(21)10(6-20)30-18/h2-5,10-26H,6-7H2,1H3/t10-,11-,12-,13-,14+,15+,16-,17-,18-,19-/m1/s1. The predicted octanol–water partition coefficient (Wildman–Crippen LogP) is -3.30. The van der Waals surface area contributed by atoms with E-state index in [1.807, 2.05) is 0 Å². The van der Waals surface area contributed by atoms with Crippen molar-refractivity contribution in [3.63, 3.8) is 0 Å². The molecule has 0 aliphatic carbocycles. The van der Waals surface area contributed by atoms with Gasteiger partial charge in [0.15, 0.2) is 17.8 Å². The number of hydrogen-bond acceptors (Lipinski definition) is 12. The van der Waals surface area contributed by atoms with Gasteiger partial charge in [-0.25, -0.2) is 0 Å². The lowest BCUT2D eigenvalue weighted by molar-refractivity contribution is -0.323. The lowest BCUT2D eigenvalue weighted by atomic mass is 9.98. The van der Waals surface area contributed by atoms with E-state index in [1.54, 1.807) is 24.3 Å². The Morgan fingerprint density at radius 3 is 1.90 bits per heavy atom. The highest BCUT2D eigenvalue weighted by molar-refractivity contribution is 5.39. The first-order chi connectivity index (χ1) is 14.8. The van der Waals surface area contributed by atoms with E-state index in [9.17, 15) is 35.7 Å². The van der Waals surface area contributed by atoms with Gasteiger partial charge in [-0.15, -0.1) is 0 Å². The van der Waals surface area contributed by atoms with Crippen LogP contribution < -0.4 is 9.47 Å². The summed E-state index contributed by atoms with van der Waals surface area (Å²) >= 11 is 0. The van der Waals surface area contributed by atoms with Gasteiger partial charge in [-0.1, -0.05) is 12.1 Å². The third-order valence-electron chi connectivity index (χ3n) is 5.25. The van der Waals surface area contributed by atoms with Crippen LogP contribution in [0.15, 0.2) is 24.3 Å². The van der Waals surface area contributed by atoms with Gasteiger partial charge < -0.3 is 59.4 Å². The normalized spacial score (nSPS) is 41.0. The summed E-state index contributed by atoms with van der Waals surface area (Å²) in [5.41, 5.74) is 0. The summed E-state index contributed by atoms with van der Waals surface area (Å²) in [6.07, 6.45) is -14.9. The molecule has 1 aromatic rings. The number of rotatable bonds is 7. The van der Waals surface area contributed by atoms with E-state index in [0.29, 0.717) is 5.75 Å². The van der Waals surface area contributed by atoms with Crippen LogP contribution in [0.1, 0.15) is 0 Å². The van der Waals surface area contributed by atoms with Crippen LogP contribution in [0.3, 0.4) is 0 Å². The molecule has 31 heavy (non-hydrogen) atoms. The molecule has 0 unspecified atom stereocenters. The van der Waals surface area contributed by atoms with Crippen LogP contribution in [-0.4, -0.2) is 117 Å². The molecule has 176 valence electrons. The number of aliphatic hydroxyl groups excluding tert-OH is 7. The van der Waals surface area contributed by atoms with Crippen LogP contribution in [-0.2, 0) is 14.2 Å². The summed E-state index contributed by atoms with van der Waals surface area (Å²) in [6.45, 7) is -1.08. The molecule has 1 aromatic carbocycles. The van der Waals surface area contributed by atoms with Crippen molar-refractivity contribution < 1.29 is 59.4 Å². The summed E-state index contributed by atoms with van der Waals surface area (Å²) in [5, 5.41) is 69.6. The molecule has 0 spiro atoms. The van der Waals surface area contributed by atoms with Crippen LogP contribution in [0.25, 0.3) is 0 Å². The summed E-state index contributed by atoms with van der Waals surface area (Å²) in [6, 6.07) is 6.55. The van der Waals surface area contributed by atoms with Crippen molar-refractivity contribution in [2.75, 3.05) is 20.3 Å². The van der Waals surface area contributed by atoms with Gasteiger partial charge in [0.05, 0.1) is 20.3 Å². The molecule has 3 rings (SSSR count). The smallest absolute Gasteiger partial charge is 0.229 e. The first-order valence-electron chi connectivity index (χ1n) is 9.70. The third-order valence-corrected chi connectivity index (χ3v) is 5.25. The Morgan fingerprint density at radius 2 is 1.29 bits per heavy atom. The topological polar surface area (TPSA) is 188 Å². The van der Waals surface area contributed by atoms with E-state index in [2.05, 4.69) is 0 Å². The van der Waals surface area contributed by atoms with Gasteiger partial charge in [0.1, 0.15) is 48.8 Å². The molecular weight excluding hydrogens is 420 g/mol. The Labute approximate surface area is 177 Å². The predicted molar refractivity (Wildman–Crippen MR) is 100 cm³/mol. The van der Waals surface area contributed by atoms with Crippen LogP contribution in [0, 0.1) is 0 Å². The van der Waals surface area contributed by atoms with Crippen molar-refractivity contribution >= 4 is 0 Å². The fourth-order valence-electron chi connectivity index (χ4n) is 3.39. The minimum Gasteiger partial charge on any atom is -0.493 e. The molecule has 2 saturated heterocycles. The van der Waals surface area contributed by atoms with Crippen molar-refractivity contribution in [2.45, 2.75) is 61.4 Å². The monoisotopic (exact) mass is 448 g/mol. The van der Waals surface area contributed by atoms with Crippen LogP contribution in [0.2, 0.25) is 0 Å². The molecule has 2 aliphatic heterocycles. The average Bonchev–Trinajstić information content (AvgIpc) is 2.78. The number of methoxy groups -OCH3 is 1. The second kappa shape index (κ2) is 10.4. The van der Waals surface area contributed by atoms with Gasteiger partial charge >= 0.3 is 0 Å².